The van der Waals surface area contributed by atoms with E-state index in [1.807, 2.05) is 0 Å². The van der Waals surface area contributed by atoms with Crippen LogP contribution >= 0.6 is 11.6 Å². The molecule has 9 heteroatoms. The molecule has 1 aromatic carbocycles. The first-order valence-corrected chi connectivity index (χ1v) is 8.60. The molecule has 2 N–H and O–H groups in total. The Labute approximate surface area is 155 Å². The Morgan fingerprint density at radius 1 is 1.27 bits per heavy atom. The molecule has 26 heavy (non-hydrogen) atoms. The van der Waals surface area contributed by atoms with Crippen LogP contribution in [0.1, 0.15) is 23.2 Å². The molecule has 2 aliphatic heterocycles. The Balaban J connectivity index is 1.72. The Morgan fingerprint density at radius 2 is 2.00 bits per heavy atom. The number of piperazine rings is 1. The molecule has 2 atom stereocenters. The lowest BCUT2D eigenvalue weighted by Crippen LogP contribution is -2.59. The van der Waals surface area contributed by atoms with Gasteiger partial charge in [0.05, 0.1) is 16.6 Å². The maximum absolute atomic E-state index is 12.5. The quantitative estimate of drug-likeness (QED) is 0.731. The molecule has 0 saturated carbocycles. The first-order chi connectivity index (χ1) is 12.3. The van der Waals surface area contributed by atoms with Crippen LogP contribution in [0.2, 0.25) is 5.02 Å². The van der Waals surface area contributed by atoms with Crippen LogP contribution in [0.25, 0.3) is 0 Å². The molecule has 2 bridgehead atoms. The average molecular weight is 379 g/mol. The predicted octanol–water partition coefficient (Wildman–Crippen LogP) is 0.470. The van der Waals surface area contributed by atoms with Gasteiger partial charge >= 0.3 is 11.8 Å². The highest BCUT2D eigenvalue weighted by atomic mass is 35.5. The Kier molecular flexibility index (Phi) is 4.86. The Morgan fingerprint density at radius 3 is 2.65 bits per heavy atom. The lowest BCUT2D eigenvalue weighted by atomic mass is 10.1. The van der Waals surface area contributed by atoms with E-state index in [1.54, 1.807) is 14.1 Å². The maximum Gasteiger partial charge on any atom is 0.313 e. The third kappa shape index (κ3) is 3.24. The minimum atomic E-state index is -0.834. The second-order valence-corrected chi connectivity index (χ2v) is 6.96. The number of rotatable bonds is 2. The number of benzene rings is 1. The molecule has 2 saturated heterocycles. The van der Waals surface area contributed by atoms with Gasteiger partial charge in [-0.25, -0.2) is 0 Å². The van der Waals surface area contributed by atoms with Gasteiger partial charge in [0, 0.05) is 26.3 Å². The minimum Gasteiger partial charge on any atom is -0.352 e. The summed E-state index contributed by atoms with van der Waals surface area (Å²) in [6.07, 6.45) is 1.25. The number of halogens is 1. The third-order valence-corrected chi connectivity index (χ3v) is 4.92. The number of nitrogens with one attached hydrogen (secondary N) is 2. The van der Waals surface area contributed by atoms with Crippen LogP contribution in [-0.4, -0.2) is 66.2 Å². The lowest BCUT2D eigenvalue weighted by Gasteiger charge is -2.33. The van der Waals surface area contributed by atoms with E-state index < -0.39 is 17.9 Å². The van der Waals surface area contributed by atoms with Gasteiger partial charge < -0.3 is 20.4 Å². The van der Waals surface area contributed by atoms with Crippen LogP contribution < -0.4 is 10.6 Å². The zero-order valence-electron chi connectivity index (χ0n) is 14.4. The topological polar surface area (TPSA) is 98.8 Å². The largest absolute Gasteiger partial charge is 0.352 e. The summed E-state index contributed by atoms with van der Waals surface area (Å²) in [7, 11) is 3.21. The van der Waals surface area contributed by atoms with Gasteiger partial charge in [-0.1, -0.05) is 11.6 Å². The fourth-order valence-corrected chi connectivity index (χ4v) is 3.55. The van der Waals surface area contributed by atoms with Gasteiger partial charge in [0.25, 0.3) is 5.91 Å². The molecule has 4 amide bonds. The number of hydrogen-bond acceptors (Lipinski definition) is 4. The molecule has 1 aromatic rings. The third-order valence-electron chi connectivity index (χ3n) is 4.61. The first kappa shape index (κ1) is 18.2. The first-order valence-electron chi connectivity index (χ1n) is 8.22. The molecule has 3 rings (SSSR count). The van der Waals surface area contributed by atoms with Crippen LogP contribution in [-0.2, 0) is 14.4 Å². The number of fused-ring (bicyclic) bond motifs is 2. The highest BCUT2D eigenvalue weighted by Gasteiger charge is 2.46. The second-order valence-electron chi connectivity index (χ2n) is 6.55. The van der Waals surface area contributed by atoms with Gasteiger partial charge in [-0.3, -0.25) is 19.2 Å². The fraction of sp³-hybridized carbons (Fsp3) is 0.412. The van der Waals surface area contributed by atoms with Gasteiger partial charge in [-0.2, -0.15) is 0 Å². The number of amides is 4. The van der Waals surface area contributed by atoms with E-state index in [0.29, 0.717) is 30.6 Å². The summed E-state index contributed by atoms with van der Waals surface area (Å²) in [5.74, 6) is -2.06. The summed E-state index contributed by atoms with van der Waals surface area (Å²) in [5, 5.41) is 5.39. The minimum absolute atomic E-state index is 0.153. The van der Waals surface area contributed by atoms with Crippen LogP contribution in [0.4, 0.5) is 5.69 Å². The predicted molar refractivity (Wildman–Crippen MR) is 94.8 cm³/mol. The number of carbonyl (C=O) groups is 4. The van der Waals surface area contributed by atoms with Gasteiger partial charge in [-0.05, 0) is 31.0 Å². The van der Waals surface area contributed by atoms with Crippen molar-refractivity contribution >= 4 is 40.9 Å². The second kappa shape index (κ2) is 6.95. The lowest BCUT2D eigenvalue weighted by molar-refractivity contribution is -0.149. The summed E-state index contributed by atoms with van der Waals surface area (Å²) in [6, 6.07) is 3.67. The fourth-order valence-electron chi connectivity index (χ4n) is 3.29. The number of hydrogen-bond donors (Lipinski definition) is 2. The van der Waals surface area contributed by atoms with Crippen molar-refractivity contribution < 1.29 is 19.2 Å². The molecular formula is C17H19ClN4O4. The van der Waals surface area contributed by atoms with E-state index in [1.165, 1.54) is 28.0 Å². The average Bonchev–Trinajstić information content (AvgIpc) is 2.93. The van der Waals surface area contributed by atoms with E-state index in [9.17, 15) is 19.2 Å². The van der Waals surface area contributed by atoms with E-state index in [4.69, 9.17) is 11.6 Å². The monoisotopic (exact) mass is 378 g/mol. The molecule has 2 unspecified atom stereocenters. The highest BCUT2D eigenvalue weighted by Crippen LogP contribution is 2.28. The van der Waals surface area contributed by atoms with Crippen molar-refractivity contribution in [2.45, 2.75) is 24.9 Å². The van der Waals surface area contributed by atoms with Crippen molar-refractivity contribution in [2.24, 2.45) is 0 Å². The Hall–Kier alpha value is -2.61. The van der Waals surface area contributed by atoms with Crippen molar-refractivity contribution in [3.05, 3.63) is 28.8 Å². The van der Waals surface area contributed by atoms with Gasteiger partial charge in [-0.15, -0.1) is 0 Å². The van der Waals surface area contributed by atoms with Crippen molar-refractivity contribution in [1.29, 1.82) is 0 Å². The number of anilines is 1. The molecule has 0 radical (unpaired) electrons. The van der Waals surface area contributed by atoms with Crippen molar-refractivity contribution in [2.75, 3.05) is 26.0 Å². The van der Waals surface area contributed by atoms with Crippen molar-refractivity contribution in [3.63, 3.8) is 0 Å². The summed E-state index contributed by atoms with van der Waals surface area (Å²) in [4.78, 5) is 51.4. The normalized spacial score (nSPS) is 21.2. The zero-order valence-corrected chi connectivity index (χ0v) is 15.2. The smallest absolute Gasteiger partial charge is 0.313 e. The summed E-state index contributed by atoms with van der Waals surface area (Å²) in [5.41, 5.74) is 0.601. The van der Waals surface area contributed by atoms with Crippen LogP contribution in [0, 0.1) is 0 Å². The molecule has 0 aromatic heterocycles. The van der Waals surface area contributed by atoms with Crippen LogP contribution in [0.3, 0.4) is 0 Å². The molecule has 2 aliphatic rings. The summed E-state index contributed by atoms with van der Waals surface area (Å²) >= 11 is 6.11. The molecule has 8 nitrogen and oxygen atoms in total. The van der Waals surface area contributed by atoms with E-state index in [2.05, 4.69) is 10.6 Å². The SMILES string of the molecule is CN(C)C(=O)c1ccc(NC(=O)C(=O)N2C3CCC2C(=O)NC3)cc1Cl. The molecule has 2 fully saturated rings. The molecule has 0 spiro atoms. The number of carbonyl (C=O) groups excluding carboxylic acids is 4. The van der Waals surface area contributed by atoms with Gasteiger partial charge in [0.1, 0.15) is 6.04 Å². The van der Waals surface area contributed by atoms with E-state index in [-0.39, 0.29) is 22.9 Å². The maximum atomic E-state index is 12.5. The van der Waals surface area contributed by atoms with E-state index >= 15 is 0 Å². The molecule has 0 aliphatic carbocycles. The highest BCUT2D eigenvalue weighted by molar-refractivity contribution is 6.40. The van der Waals surface area contributed by atoms with Crippen molar-refractivity contribution in [3.8, 4) is 0 Å². The number of nitrogens with zero attached hydrogens (tertiary/aromatic N) is 2. The molecular weight excluding hydrogens is 360 g/mol. The zero-order chi connectivity index (χ0) is 19.0. The Bertz CT molecular complexity index is 795. The van der Waals surface area contributed by atoms with Crippen LogP contribution in [0.15, 0.2) is 18.2 Å². The van der Waals surface area contributed by atoms with E-state index in [0.717, 1.165) is 0 Å². The molecule has 138 valence electrons. The van der Waals surface area contributed by atoms with Gasteiger partial charge in [0.2, 0.25) is 5.91 Å². The standard InChI is InChI=1S/C17H19ClN4O4/c1-21(2)16(25)11-5-3-9(7-12(11)18)20-15(24)17(26)22-10-4-6-13(22)14(23)19-8-10/h3,5,7,10,13H,4,6,8H2,1-2H3,(H,19,23)(H,20,24). The summed E-state index contributed by atoms with van der Waals surface area (Å²) in [6.45, 7) is 0.363. The van der Waals surface area contributed by atoms with Gasteiger partial charge in [0.15, 0.2) is 0 Å². The molecule has 2 heterocycles. The van der Waals surface area contributed by atoms with Crippen molar-refractivity contribution in [1.82, 2.24) is 15.1 Å². The summed E-state index contributed by atoms with van der Waals surface area (Å²) < 4.78 is 0. The van der Waals surface area contributed by atoms with Crippen LogP contribution in [0.5, 0.6) is 0 Å².